The van der Waals surface area contributed by atoms with E-state index in [0.717, 1.165) is 15.4 Å². The largest absolute Gasteiger partial charge is 0.497 e. The van der Waals surface area contributed by atoms with Gasteiger partial charge in [0.15, 0.2) is 0 Å². The zero-order chi connectivity index (χ0) is 14.9. The third kappa shape index (κ3) is 2.36. The highest BCUT2D eigenvalue weighted by atomic mass is 16.5. The normalized spacial score (nSPS) is 16.9. The summed E-state index contributed by atoms with van der Waals surface area (Å²) >= 11 is 0. The molecular formula is C14H16N2O4. The number of imide groups is 2. The summed E-state index contributed by atoms with van der Waals surface area (Å²) in [6, 6.07) is 6.55. The maximum absolute atomic E-state index is 12.1. The van der Waals surface area contributed by atoms with Crippen LogP contribution in [0.3, 0.4) is 0 Å². The minimum absolute atomic E-state index is 0.267. The lowest BCUT2D eigenvalue weighted by Crippen LogP contribution is -2.57. The van der Waals surface area contributed by atoms with Gasteiger partial charge in [0, 0.05) is 14.1 Å². The molecule has 106 valence electrons. The number of rotatable bonds is 3. The third-order valence-corrected chi connectivity index (χ3v) is 3.43. The number of hydrogen-bond donors (Lipinski definition) is 0. The number of hydrogen-bond acceptors (Lipinski definition) is 4. The molecule has 0 N–H and O–H groups in total. The smallest absolute Gasteiger partial charge is 0.332 e. The van der Waals surface area contributed by atoms with Gasteiger partial charge in [-0.05, 0) is 24.1 Å². The number of carbonyl (C=O) groups is 3. The second kappa shape index (κ2) is 5.32. The first kappa shape index (κ1) is 14.0. The standard InChI is InChI=1S/C14H16N2O4/c1-15-12(17)11(13(18)16(2)14(15)19)8-9-4-6-10(20-3)7-5-9/h4-7,11H,8H2,1-3H3. The predicted octanol–water partition coefficient (Wildman–Crippen LogP) is 0.904. The summed E-state index contributed by atoms with van der Waals surface area (Å²) in [5.41, 5.74) is 0.841. The molecule has 1 aliphatic heterocycles. The zero-order valence-corrected chi connectivity index (χ0v) is 11.6. The molecule has 0 atom stereocenters. The number of methoxy groups -OCH3 is 1. The average molecular weight is 276 g/mol. The Kier molecular flexibility index (Phi) is 3.74. The van der Waals surface area contributed by atoms with Gasteiger partial charge in [-0.1, -0.05) is 12.1 Å². The fraction of sp³-hybridized carbons (Fsp3) is 0.357. The minimum Gasteiger partial charge on any atom is -0.497 e. The topological polar surface area (TPSA) is 66.9 Å². The van der Waals surface area contributed by atoms with Crippen LogP contribution in [-0.4, -0.2) is 48.9 Å². The Labute approximate surface area is 116 Å². The highest BCUT2D eigenvalue weighted by molar-refractivity contribution is 6.15. The summed E-state index contributed by atoms with van der Waals surface area (Å²) in [5.74, 6) is -1.07. The zero-order valence-electron chi connectivity index (χ0n) is 11.6. The molecule has 1 saturated heterocycles. The van der Waals surface area contributed by atoms with E-state index in [0.29, 0.717) is 5.75 Å². The molecule has 6 nitrogen and oxygen atoms in total. The molecule has 0 spiro atoms. The number of ether oxygens (including phenoxy) is 1. The molecule has 0 aromatic heterocycles. The summed E-state index contributed by atoms with van der Waals surface area (Å²) in [6.45, 7) is 0. The molecule has 1 aromatic carbocycles. The Morgan fingerprint density at radius 2 is 1.50 bits per heavy atom. The molecule has 0 bridgehead atoms. The molecule has 1 aliphatic rings. The number of nitrogens with zero attached hydrogens (tertiary/aromatic N) is 2. The lowest BCUT2D eigenvalue weighted by molar-refractivity contribution is -0.147. The monoisotopic (exact) mass is 276 g/mol. The van der Waals surface area contributed by atoms with Gasteiger partial charge in [0.05, 0.1) is 7.11 Å². The van der Waals surface area contributed by atoms with Gasteiger partial charge in [0.25, 0.3) is 0 Å². The van der Waals surface area contributed by atoms with Crippen LogP contribution in [0.2, 0.25) is 0 Å². The highest BCUT2D eigenvalue weighted by Gasteiger charge is 2.42. The van der Waals surface area contributed by atoms with E-state index in [2.05, 4.69) is 0 Å². The number of barbiturate groups is 1. The fourth-order valence-electron chi connectivity index (χ4n) is 2.16. The molecule has 0 unspecified atom stereocenters. The van der Waals surface area contributed by atoms with E-state index in [9.17, 15) is 14.4 Å². The van der Waals surface area contributed by atoms with Crippen molar-refractivity contribution in [3.63, 3.8) is 0 Å². The van der Waals surface area contributed by atoms with Crippen molar-refractivity contribution in [2.24, 2.45) is 5.92 Å². The molecule has 2 rings (SSSR count). The first-order chi connectivity index (χ1) is 9.45. The van der Waals surface area contributed by atoms with E-state index in [1.807, 2.05) is 0 Å². The van der Waals surface area contributed by atoms with Crippen molar-refractivity contribution in [2.75, 3.05) is 21.2 Å². The van der Waals surface area contributed by atoms with Gasteiger partial charge in [0.1, 0.15) is 11.7 Å². The van der Waals surface area contributed by atoms with Crippen LogP contribution in [0, 0.1) is 5.92 Å². The predicted molar refractivity (Wildman–Crippen MR) is 71.1 cm³/mol. The Hall–Kier alpha value is -2.37. The van der Waals surface area contributed by atoms with Crippen molar-refractivity contribution in [3.05, 3.63) is 29.8 Å². The van der Waals surface area contributed by atoms with E-state index in [1.165, 1.54) is 14.1 Å². The average Bonchev–Trinajstić information content (AvgIpc) is 2.48. The minimum atomic E-state index is -0.851. The highest BCUT2D eigenvalue weighted by Crippen LogP contribution is 2.21. The van der Waals surface area contributed by atoms with E-state index in [1.54, 1.807) is 31.4 Å². The molecule has 1 heterocycles. The van der Waals surface area contributed by atoms with Gasteiger partial charge in [-0.25, -0.2) is 4.79 Å². The first-order valence-corrected chi connectivity index (χ1v) is 6.17. The molecule has 4 amide bonds. The van der Waals surface area contributed by atoms with Crippen LogP contribution in [0.1, 0.15) is 5.56 Å². The van der Waals surface area contributed by atoms with Crippen LogP contribution in [-0.2, 0) is 16.0 Å². The second-order valence-electron chi connectivity index (χ2n) is 4.68. The van der Waals surface area contributed by atoms with Gasteiger partial charge >= 0.3 is 6.03 Å². The first-order valence-electron chi connectivity index (χ1n) is 6.17. The maximum atomic E-state index is 12.1. The van der Waals surface area contributed by atoms with Crippen molar-refractivity contribution < 1.29 is 19.1 Å². The SMILES string of the molecule is COc1ccc(CC2C(=O)N(C)C(=O)N(C)C2=O)cc1. The van der Waals surface area contributed by atoms with Crippen LogP contribution >= 0.6 is 0 Å². The molecule has 6 heteroatoms. The fourth-order valence-corrected chi connectivity index (χ4v) is 2.16. The van der Waals surface area contributed by atoms with E-state index in [-0.39, 0.29) is 6.42 Å². The number of urea groups is 1. The summed E-state index contributed by atoms with van der Waals surface area (Å²) in [5, 5.41) is 0. The summed E-state index contributed by atoms with van der Waals surface area (Å²) in [7, 11) is 4.34. The van der Waals surface area contributed by atoms with Crippen LogP contribution in [0.25, 0.3) is 0 Å². The summed E-state index contributed by atoms with van der Waals surface area (Å²) in [6.07, 6.45) is 0.267. The van der Waals surface area contributed by atoms with Gasteiger partial charge in [-0.2, -0.15) is 0 Å². The molecule has 1 aromatic rings. The van der Waals surface area contributed by atoms with E-state index < -0.39 is 23.8 Å². The van der Waals surface area contributed by atoms with E-state index >= 15 is 0 Å². The molecular weight excluding hydrogens is 260 g/mol. The summed E-state index contributed by atoms with van der Waals surface area (Å²) in [4.78, 5) is 37.7. The Morgan fingerprint density at radius 1 is 1.00 bits per heavy atom. The second-order valence-corrected chi connectivity index (χ2v) is 4.68. The number of carbonyl (C=O) groups excluding carboxylic acids is 3. The summed E-state index contributed by atoms with van der Waals surface area (Å²) < 4.78 is 5.05. The van der Waals surface area contributed by atoms with Crippen molar-refractivity contribution in [1.82, 2.24) is 9.80 Å². The number of benzene rings is 1. The molecule has 0 saturated carbocycles. The van der Waals surface area contributed by atoms with Gasteiger partial charge in [0.2, 0.25) is 11.8 Å². The van der Waals surface area contributed by atoms with Crippen LogP contribution in [0.5, 0.6) is 5.75 Å². The van der Waals surface area contributed by atoms with E-state index in [4.69, 9.17) is 4.74 Å². The van der Waals surface area contributed by atoms with Crippen molar-refractivity contribution in [3.8, 4) is 5.75 Å². The third-order valence-electron chi connectivity index (χ3n) is 3.43. The van der Waals surface area contributed by atoms with Crippen molar-refractivity contribution in [1.29, 1.82) is 0 Å². The van der Waals surface area contributed by atoms with Crippen molar-refractivity contribution in [2.45, 2.75) is 6.42 Å². The number of amides is 4. The maximum Gasteiger partial charge on any atom is 0.332 e. The Bertz CT molecular complexity index is 529. The van der Waals surface area contributed by atoms with Gasteiger partial charge < -0.3 is 4.74 Å². The van der Waals surface area contributed by atoms with Crippen LogP contribution < -0.4 is 4.74 Å². The molecule has 0 aliphatic carbocycles. The molecule has 20 heavy (non-hydrogen) atoms. The van der Waals surface area contributed by atoms with Crippen LogP contribution in [0.4, 0.5) is 4.79 Å². The lowest BCUT2D eigenvalue weighted by Gasteiger charge is -2.32. The van der Waals surface area contributed by atoms with Crippen LogP contribution in [0.15, 0.2) is 24.3 Å². The van der Waals surface area contributed by atoms with Gasteiger partial charge in [-0.3, -0.25) is 19.4 Å². The molecule has 1 fully saturated rings. The Morgan fingerprint density at radius 3 is 1.95 bits per heavy atom. The van der Waals surface area contributed by atoms with Crippen molar-refractivity contribution >= 4 is 17.8 Å². The quantitative estimate of drug-likeness (QED) is 0.769. The molecule has 0 radical (unpaired) electrons. The van der Waals surface area contributed by atoms with Gasteiger partial charge in [-0.15, -0.1) is 0 Å². The lowest BCUT2D eigenvalue weighted by atomic mass is 9.95. The Balaban J connectivity index is 2.20.